The van der Waals surface area contributed by atoms with E-state index in [1.165, 1.54) is 28.7 Å². The van der Waals surface area contributed by atoms with Crippen LogP contribution >= 0.6 is 22.7 Å². The Morgan fingerprint density at radius 2 is 1.94 bits per heavy atom. The van der Waals surface area contributed by atoms with E-state index in [0.717, 1.165) is 29.1 Å². The molecular formula is C34H35FN8O3S2. The molecule has 5 rings (SSSR count). The molecule has 0 fully saturated rings. The van der Waals surface area contributed by atoms with Crippen molar-refractivity contribution in [2.24, 2.45) is 0 Å². The molecule has 0 aliphatic heterocycles. The molecule has 0 unspecified atom stereocenters. The van der Waals surface area contributed by atoms with Gasteiger partial charge >= 0.3 is 5.97 Å². The smallest absolute Gasteiger partial charge is 0.355 e. The van der Waals surface area contributed by atoms with Crippen molar-refractivity contribution in [3.63, 3.8) is 0 Å². The molecule has 48 heavy (non-hydrogen) atoms. The summed E-state index contributed by atoms with van der Waals surface area (Å²) in [6.07, 6.45) is 5.27. The molecule has 3 heterocycles. The number of hydrogen-bond donors (Lipinski definition) is 3. The van der Waals surface area contributed by atoms with E-state index in [1.807, 2.05) is 38.1 Å². The van der Waals surface area contributed by atoms with Gasteiger partial charge in [0.1, 0.15) is 0 Å². The van der Waals surface area contributed by atoms with Crippen LogP contribution in [0.15, 0.2) is 35.7 Å². The number of hydrogen-bond acceptors (Lipinski definition) is 12. The average molecular weight is 687 g/mol. The summed E-state index contributed by atoms with van der Waals surface area (Å²) >= 11 is 2.78. The second-order valence-electron chi connectivity index (χ2n) is 11.0. The van der Waals surface area contributed by atoms with Crippen LogP contribution < -0.4 is 20.3 Å². The third-order valence-corrected chi connectivity index (χ3v) is 9.06. The minimum atomic E-state index is -1.12. The van der Waals surface area contributed by atoms with Crippen LogP contribution in [0.5, 0.6) is 5.75 Å². The molecule has 1 aliphatic rings. The highest BCUT2D eigenvalue weighted by molar-refractivity contribution is 7.16. The molecule has 0 saturated heterocycles. The molecule has 0 radical (unpaired) electrons. The predicted molar refractivity (Wildman–Crippen MR) is 188 cm³/mol. The first-order valence-electron chi connectivity index (χ1n) is 15.2. The van der Waals surface area contributed by atoms with Crippen LogP contribution in [0, 0.1) is 24.6 Å². The van der Waals surface area contributed by atoms with Gasteiger partial charge in [-0.15, -0.1) is 21.5 Å². The Balaban J connectivity index is 1.30. The minimum Gasteiger partial charge on any atom is -0.491 e. The van der Waals surface area contributed by atoms with Gasteiger partial charge in [-0.25, -0.2) is 19.2 Å². The number of ether oxygens (including phenoxy) is 1. The number of aromatic nitrogens is 4. The van der Waals surface area contributed by atoms with Crippen molar-refractivity contribution in [2.45, 2.75) is 26.2 Å². The normalized spacial score (nSPS) is 11.4. The fourth-order valence-corrected chi connectivity index (χ4v) is 6.59. The van der Waals surface area contributed by atoms with Gasteiger partial charge in [-0.3, -0.25) is 0 Å². The molecule has 0 spiro atoms. The lowest BCUT2D eigenvalue weighted by atomic mass is 10.2. The van der Waals surface area contributed by atoms with Gasteiger partial charge in [0.2, 0.25) is 0 Å². The molecule has 4 aromatic rings. The fraction of sp³-hybridized carbons (Fsp3) is 0.324. The second-order valence-corrected chi connectivity index (χ2v) is 13.1. The molecule has 0 saturated carbocycles. The SMILES string of the molecule is CNCC#Cc1ccc(OCCCc2sc(N(CCCN(C)C)c3cc(C)c(Nc4nc5c(s4)C=C=C=C5)nn3)nc2C(=O)O)c(F)c1. The van der Waals surface area contributed by atoms with Crippen molar-refractivity contribution in [3.8, 4) is 17.6 Å². The van der Waals surface area contributed by atoms with Gasteiger partial charge in [-0.2, -0.15) is 0 Å². The maximum atomic E-state index is 14.6. The van der Waals surface area contributed by atoms with E-state index in [2.05, 4.69) is 59.0 Å². The van der Waals surface area contributed by atoms with Crippen LogP contribution in [-0.2, 0) is 6.42 Å². The molecule has 11 nitrogen and oxygen atoms in total. The Morgan fingerprint density at radius 3 is 2.67 bits per heavy atom. The van der Waals surface area contributed by atoms with Crippen LogP contribution in [0.1, 0.15) is 49.9 Å². The van der Waals surface area contributed by atoms with Gasteiger partial charge in [0.05, 0.1) is 23.7 Å². The number of nitrogens with one attached hydrogen (secondary N) is 2. The summed E-state index contributed by atoms with van der Waals surface area (Å²) < 4.78 is 20.2. The van der Waals surface area contributed by atoms with E-state index < -0.39 is 11.8 Å². The molecule has 3 aromatic heterocycles. The number of halogens is 1. The second kappa shape index (κ2) is 16.3. The first kappa shape index (κ1) is 34.5. The van der Waals surface area contributed by atoms with Gasteiger partial charge in [0.25, 0.3) is 0 Å². The summed E-state index contributed by atoms with van der Waals surface area (Å²) in [5, 5.41) is 26.3. The minimum absolute atomic E-state index is 0.0171. The van der Waals surface area contributed by atoms with Crippen LogP contribution in [0.2, 0.25) is 0 Å². The van der Waals surface area contributed by atoms with Crippen molar-refractivity contribution in [1.29, 1.82) is 0 Å². The molecule has 14 heteroatoms. The summed E-state index contributed by atoms with van der Waals surface area (Å²) in [5.41, 5.74) is 8.06. The number of carboxylic acid groups (broad SMARTS) is 1. The van der Waals surface area contributed by atoms with Crippen molar-refractivity contribution in [2.75, 3.05) is 57.6 Å². The number of benzene rings is 1. The van der Waals surface area contributed by atoms with Gasteiger partial charge in [-0.05, 0) is 83.7 Å². The maximum absolute atomic E-state index is 14.6. The number of carboxylic acids is 1. The third-order valence-electron chi connectivity index (χ3n) is 6.99. The zero-order valence-electron chi connectivity index (χ0n) is 27.1. The number of aryl methyl sites for hydroxylation is 2. The first-order valence-corrected chi connectivity index (χ1v) is 16.9. The van der Waals surface area contributed by atoms with Crippen molar-refractivity contribution >= 4 is 62.7 Å². The van der Waals surface area contributed by atoms with E-state index in [0.29, 0.717) is 58.3 Å². The maximum Gasteiger partial charge on any atom is 0.355 e. The van der Waals surface area contributed by atoms with E-state index in [4.69, 9.17) is 4.74 Å². The first-order chi connectivity index (χ1) is 23.2. The standard InChI is InChI=1S/C34H35FN8O3S2/c1-22-20-29(40-41-31(22)39-33-37-25-11-5-6-12-27(25)47-33)43(18-9-17-42(3)4)34-38-30(32(44)45)28(48-34)13-8-19-46-26-15-14-23(21-24(26)35)10-7-16-36-2/h11-12,14-15,20-21,36H,8-9,13,16-19H2,1-4H3,(H,44,45)(H,37,39,41). The summed E-state index contributed by atoms with van der Waals surface area (Å²) in [6.45, 7) is 4.00. The van der Waals surface area contributed by atoms with Gasteiger partial charge in [0, 0.05) is 29.1 Å². The number of rotatable bonds is 15. The number of thiazole rings is 2. The van der Waals surface area contributed by atoms with Crippen molar-refractivity contribution in [1.82, 2.24) is 30.4 Å². The molecule has 248 valence electrons. The largest absolute Gasteiger partial charge is 0.491 e. The zero-order valence-corrected chi connectivity index (χ0v) is 28.7. The van der Waals surface area contributed by atoms with Crippen molar-refractivity contribution < 1.29 is 19.0 Å². The Kier molecular flexibility index (Phi) is 11.7. The highest BCUT2D eigenvalue weighted by atomic mass is 32.1. The number of carbonyl (C=O) groups is 1. The number of anilines is 4. The highest BCUT2D eigenvalue weighted by Crippen LogP contribution is 2.34. The molecule has 3 N–H and O–H groups in total. The Morgan fingerprint density at radius 1 is 1.10 bits per heavy atom. The van der Waals surface area contributed by atoms with E-state index in [9.17, 15) is 14.3 Å². The summed E-state index contributed by atoms with van der Waals surface area (Å²) in [7, 11) is 5.79. The highest BCUT2D eigenvalue weighted by Gasteiger charge is 2.23. The molecule has 0 bridgehead atoms. The molecular weight excluding hydrogens is 652 g/mol. The number of aromatic carboxylic acids is 1. The monoisotopic (exact) mass is 686 g/mol. The third kappa shape index (κ3) is 8.93. The Bertz CT molecular complexity index is 1920. The Hall–Kier alpha value is -4.86. The van der Waals surface area contributed by atoms with Crippen LogP contribution in [0.4, 0.5) is 26.3 Å². The van der Waals surface area contributed by atoms with Gasteiger partial charge in [0.15, 0.2) is 39.2 Å². The quantitative estimate of drug-likeness (QED) is 0.0708. The predicted octanol–water partition coefficient (Wildman–Crippen LogP) is 5.75. The fourth-order valence-electron chi connectivity index (χ4n) is 4.64. The number of fused-ring (bicyclic) bond motifs is 1. The molecule has 1 aromatic carbocycles. The molecule has 1 aliphatic carbocycles. The molecule has 0 atom stereocenters. The lowest BCUT2D eigenvalue weighted by Gasteiger charge is -2.22. The van der Waals surface area contributed by atoms with Crippen LogP contribution in [-0.4, -0.2) is 83.5 Å². The average Bonchev–Trinajstić information content (AvgIpc) is 3.67. The van der Waals surface area contributed by atoms with E-state index in [-0.39, 0.29) is 18.1 Å². The number of nitrogens with zero attached hydrogens (tertiary/aromatic N) is 6. The van der Waals surface area contributed by atoms with E-state index >= 15 is 0 Å². The Labute approximate surface area is 286 Å². The summed E-state index contributed by atoms with van der Waals surface area (Å²) in [6, 6.07) is 6.50. The lowest BCUT2D eigenvalue weighted by molar-refractivity contribution is 0.0690. The van der Waals surface area contributed by atoms with Gasteiger partial charge in [-0.1, -0.05) is 34.6 Å². The summed E-state index contributed by atoms with van der Waals surface area (Å²) in [5.74, 6) is 5.42. The summed E-state index contributed by atoms with van der Waals surface area (Å²) in [4.78, 5) is 26.9. The lowest BCUT2D eigenvalue weighted by Crippen LogP contribution is -2.24. The van der Waals surface area contributed by atoms with Gasteiger partial charge < -0.3 is 30.3 Å². The van der Waals surface area contributed by atoms with E-state index in [1.54, 1.807) is 25.3 Å². The van der Waals surface area contributed by atoms with Crippen LogP contribution in [0.3, 0.4) is 0 Å². The zero-order chi connectivity index (χ0) is 34.0. The van der Waals surface area contributed by atoms with Crippen molar-refractivity contribution in [3.05, 3.63) is 73.8 Å². The molecule has 0 amide bonds. The van der Waals surface area contributed by atoms with Crippen LogP contribution in [0.25, 0.3) is 12.2 Å². The topological polar surface area (TPSA) is 129 Å².